The maximum absolute atomic E-state index is 12.1. The number of alkyl carbamates (subject to hydrolysis) is 1. The Hall–Kier alpha value is -1.26. The number of carboxylic acid groups (broad SMARTS) is 1. The van der Waals surface area contributed by atoms with Gasteiger partial charge in [-0.3, -0.25) is 4.79 Å². The van der Waals surface area contributed by atoms with Gasteiger partial charge in [-0.25, -0.2) is 4.79 Å². The molecule has 122 valence electrons. The number of aliphatic carboxylic acids is 1. The number of nitrogens with one attached hydrogen (secondary N) is 1. The quantitative estimate of drug-likeness (QED) is 0.811. The molecular weight excluding hydrogens is 270 g/mol. The van der Waals surface area contributed by atoms with Gasteiger partial charge in [0.2, 0.25) is 0 Å². The minimum absolute atomic E-state index is 0.301. The first-order valence-electron chi connectivity index (χ1n) is 7.88. The van der Waals surface area contributed by atoms with E-state index in [1.54, 1.807) is 6.92 Å². The number of hydrogen-bond donors (Lipinski definition) is 2. The summed E-state index contributed by atoms with van der Waals surface area (Å²) in [4.78, 5) is 23.0. The van der Waals surface area contributed by atoms with Gasteiger partial charge < -0.3 is 15.2 Å². The van der Waals surface area contributed by atoms with Crippen molar-refractivity contribution in [2.45, 2.75) is 83.8 Å². The van der Waals surface area contributed by atoms with Gasteiger partial charge in [-0.1, -0.05) is 26.2 Å². The Balaban J connectivity index is 2.65. The number of carbonyl (C=O) groups is 2. The van der Waals surface area contributed by atoms with E-state index < -0.39 is 17.7 Å². The highest BCUT2D eigenvalue weighted by Gasteiger charge is 2.35. The van der Waals surface area contributed by atoms with Gasteiger partial charge in [0.05, 0.1) is 5.92 Å². The summed E-state index contributed by atoms with van der Waals surface area (Å²) >= 11 is 0. The molecule has 1 fully saturated rings. The van der Waals surface area contributed by atoms with Gasteiger partial charge >= 0.3 is 12.1 Å². The molecule has 0 aromatic carbocycles. The minimum Gasteiger partial charge on any atom is -0.481 e. The van der Waals surface area contributed by atoms with Crippen molar-refractivity contribution in [1.82, 2.24) is 5.32 Å². The van der Waals surface area contributed by atoms with Gasteiger partial charge in [0, 0.05) is 5.54 Å². The third kappa shape index (κ3) is 6.36. The predicted octanol–water partition coefficient (Wildman–Crippen LogP) is 3.71. The SMILES string of the molecule is CC(CCC1(NC(=O)OC(C)(C)C)CCCCC1)C(=O)O. The van der Waals surface area contributed by atoms with E-state index in [9.17, 15) is 9.59 Å². The summed E-state index contributed by atoms with van der Waals surface area (Å²) in [5.74, 6) is -1.16. The van der Waals surface area contributed by atoms with Crippen LogP contribution in [0.4, 0.5) is 4.79 Å². The van der Waals surface area contributed by atoms with Crippen LogP contribution in [-0.4, -0.2) is 28.3 Å². The van der Waals surface area contributed by atoms with Crippen molar-refractivity contribution < 1.29 is 19.4 Å². The third-order valence-electron chi connectivity index (χ3n) is 4.05. The Morgan fingerprint density at radius 1 is 1.24 bits per heavy atom. The van der Waals surface area contributed by atoms with Crippen LogP contribution in [0.25, 0.3) is 0 Å². The average Bonchev–Trinajstić information content (AvgIpc) is 2.34. The van der Waals surface area contributed by atoms with Crippen LogP contribution in [0.2, 0.25) is 0 Å². The molecule has 21 heavy (non-hydrogen) atoms. The minimum atomic E-state index is -0.779. The summed E-state index contributed by atoms with van der Waals surface area (Å²) in [6, 6.07) is 0. The van der Waals surface area contributed by atoms with Gasteiger partial charge in [-0.2, -0.15) is 0 Å². The van der Waals surface area contributed by atoms with E-state index in [1.165, 1.54) is 6.42 Å². The second kappa shape index (κ2) is 7.14. The summed E-state index contributed by atoms with van der Waals surface area (Å²) in [6.07, 6.45) is 5.98. The van der Waals surface area contributed by atoms with E-state index in [2.05, 4.69) is 5.32 Å². The van der Waals surface area contributed by atoms with E-state index in [-0.39, 0.29) is 11.5 Å². The molecule has 1 amide bonds. The Morgan fingerprint density at radius 3 is 2.29 bits per heavy atom. The van der Waals surface area contributed by atoms with Crippen molar-refractivity contribution in [2.24, 2.45) is 5.92 Å². The van der Waals surface area contributed by atoms with Gasteiger partial charge in [0.15, 0.2) is 0 Å². The van der Waals surface area contributed by atoms with Gasteiger partial charge in [-0.05, 0) is 46.5 Å². The highest BCUT2D eigenvalue weighted by atomic mass is 16.6. The lowest BCUT2D eigenvalue weighted by molar-refractivity contribution is -0.141. The summed E-state index contributed by atoms with van der Waals surface area (Å²) in [7, 11) is 0. The van der Waals surface area contributed by atoms with Crippen molar-refractivity contribution in [3.05, 3.63) is 0 Å². The number of carboxylic acids is 1. The van der Waals surface area contributed by atoms with Crippen molar-refractivity contribution in [1.29, 1.82) is 0 Å². The molecule has 0 saturated heterocycles. The fourth-order valence-electron chi connectivity index (χ4n) is 2.80. The van der Waals surface area contributed by atoms with Crippen LogP contribution in [0.3, 0.4) is 0 Å². The normalized spacial score (nSPS) is 19.6. The summed E-state index contributed by atoms with van der Waals surface area (Å²) < 4.78 is 5.35. The lowest BCUT2D eigenvalue weighted by atomic mass is 9.77. The molecule has 0 spiro atoms. The van der Waals surface area contributed by atoms with Crippen LogP contribution < -0.4 is 5.32 Å². The van der Waals surface area contributed by atoms with E-state index in [4.69, 9.17) is 9.84 Å². The van der Waals surface area contributed by atoms with Crippen LogP contribution in [-0.2, 0) is 9.53 Å². The van der Waals surface area contributed by atoms with E-state index in [0.29, 0.717) is 12.8 Å². The number of ether oxygens (including phenoxy) is 1. The summed E-state index contributed by atoms with van der Waals surface area (Å²) in [5.41, 5.74) is -0.821. The first-order chi connectivity index (χ1) is 9.64. The maximum atomic E-state index is 12.1. The second-order valence-corrected chi connectivity index (χ2v) is 7.25. The molecule has 0 aromatic heterocycles. The van der Waals surface area contributed by atoms with Crippen LogP contribution in [0, 0.1) is 5.92 Å². The lowest BCUT2D eigenvalue weighted by Gasteiger charge is -2.39. The number of amides is 1. The van der Waals surface area contributed by atoms with Crippen molar-refractivity contribution >= 4 is 12.1 Å². The second-order valence-electron chi connectivity index (χ2n) is 7.25. The van der Waals surface area contributed by atoms with Gasteiger partial charge in [0.1, 0.15) is 5.60 Å². The Bertz CT molecular complexity index is 367. The Labute approximate surface area is 127 Å². The molecule has 0 heterocycles. The molecule has 0 aromatic rings. The fourth-order valence-corrected chi connectivity index (χ4v) is 2.80. The fraction of sp³-hybridized carbons (Fsp3) is 0.875. The molecule has 1 rings (SSSR count). The molecule has 1 aliphatic carbocycles. The Kier molecular flexibility index (Phi) is 6.05. The first kappa shape index (κ1) is 17.8. The number of rotatable bonds is 5. The van der Waals surface area contributed by atoms with Crippen LogP contribution >= 0.6 is 0 Å². The van der Waals surface area contributed by atoms with E-state index in [0.717, 1.165) is 25.7 Å². The molecule has 1 saturated carbocycles. The molecule has 0 aliphatic heterocycles. The third-order valence-corrected chi connectivity index (χ3v) is 4.05. The zero-order chi connectivity index (χ0) is 16.1. The largest absolute Gasteiger partial charge is 0.481 e. The Morgan fingerprint density at radius 2 is 1.81 bits per heavy atom. The average molecular weight is 299 g/mol. The van der Waals surface area contributed by atoms with Crippen molar-refractivity contribution in [3.63, 3.8) is 0 Å². The van der Waals surface area contributed by atoms with Gasteiger partial charge in [-0.15, -0.1) is 0 Å². The van der Waals surface area contributed by atoms with E-state index >= 15 is 0 Å². The maximum Gasteiger partial charge on any atom is 0.408 e. The highest BCUT2D eigenvalue weighted by Crippen LogP contribution is 2.33. The van der Waals surface area contributed by atoms with Crippen LogP contribution in [0.5, 0.6) is 0 Å². The predicted molar refractivity (Wildman–Crippen MR) is 81.2 cm³/mol. The smallest absolute Gasteiger partial charge is 0.408 e. The molecule has 1 unspecified atom stereocenters. The zero-order valence-corrected chi connectivity index (χ0v) is 13.7. The molecule has 2 N–H and O–H groups in total. The number of hydrogen-bond acceptors (Lipinski definition) is 3. The zero-order valence-electron chi connectivity index (χ0n) is 13.7. The lowest BCUT2D eigenvalue weighted by Crippen LogP contribution is -2.51. The molecule has 1 aliphatic rings. The summed E-state index contributed by atoms with van der Waals surface area (Å²) in [6.45, 7) is 7.23. The van der Waals surface area contributed by atoms with Crippen LogP contribution in [0.15, 0.2) is 0 Å². The first-order valence-corrected chi connectivity index (χ1v) is 7.88. The molecule has 5 heteroatoms. The van der Waals surface area contributed by atoms with E-state index in [1.807, 2.05) is 20.8 Å². The monoisotopic (exact) mass is 299 g/mol. The topological polar surface area (TPSA) is 75.6 Å². The molecule has 1 atom stereocenters. The summed E-state index contributed by atoms with van der Waals surface area (Å²) in [5, 5.41) is 12.0. The molecule has 0 radical (unpaired) electrons. The molecule has 0 bridgehead atoms. The van der Waals surface area contributed by atoms with Gasteiger partial charge in [0.25, 0.3) is 0 Å². The van der Waals surface area contributed by atoms with Crippen molar-refractivity contribution in [2.75, 3.05) is 0 Å². The standard InChI is InChI=1S/C16H29NO4/c1-12(13(18)19)8-11-16(9-6-5-7-10-16)17-14(20)21-15(2,3)4/h12H,5-11H2,1-4H3,(H,17,20)(H,18,19). The highest BCUT2D eigenvalue weighted by molar-refractivity contribution is 5.70. The van der Waals surface area contributed by atoms with Crippen LogP contribution in [0.1, 0.15) is 72.6 Å². The molecule has 5 nitrogen and oxygen atoms in total. The van der Waals surface area contributed by atoms with Crippen molar-refractivity contribution in [3.8, 4) is 0 Å². The molecular formula is C16H29NO4. The number of carbonyl (C=O) groups excluding carboxylic acids is 1.